The van der Waals surface area contributed by atoms with Crippen LogP contribution >= 0.6 is 0 Å². The Balaban J connectivity index is 1.30. The average molecular weight is 633 g/mol. The smallest absolute Gasteiger partial charge is 0.238 e. The molecule has 0 unspecified atom stereocenters. The summed E-state index contributed by atoms with van der Waals surface area (Å²) in [6.45, 7) is 0. The first-order valence-corrected chi connectivity index (χ1v) is 16.2. The number of rotatable bonds is 3. The summed E-state index contributed by atoms with van der Waals surface area (Å²) >= 11 is 0. The molecule has 0 atom stereocenters. The third-order valence-electron chi connectivity index (χ3n) is 9.93. The van der Waals surface area contributed by atoms with Gasteiger partial charge in [0.1, 0.15) is 5.58 Å². The number of furan rings is 3. The van der Waals surface area contributed by atoms with Crippen molar-refractivity contribution >= 4 is 39.3 Å². The molecule has 0 amide bonds. The number of anilines is 3. The zero-order valence-electron chi connectivity index (χ0n) is 25.9. The number of para-hydroxylation sites is 2. The summed E-state index contributed by atoms with van der Waals surface area (Å²) in [5, 5.41) is 2.05. The van der Waals surface area contributed by atoms with Gasteiger partial charge in [0.15, 0.2) is 28.8 Å². The molecule has 5 heterocycles. The van der Waals surface area contributed by atoms with Gasteiger partial charge >= 0.3 is 0 Å². The highest BCUT2D eigenvalue weighted by Crippen LogP contribution is 2.65. The van der Waals surface area contributed by atoms with Crippen LogP contribution in [0.5, 0.6) is 0 Å². The van der Waals surface area contributed by atoms with Gasteiger partial charge in [-0.3, -0.25) is 4.90 Å². The fraction of sp³-hybridized carbons (Fsp3) is 0.0238. The molecule has 0 fully saturated rings. The van der Waals surface area contributed by atoms with E-state index in [1.165, 1.54) is 0 Å². The normalized spacial score (nSPS) is 13.8. The second kappa shape index (κ2) is 9.65. The lowest BCUT2D eigenvalue weighted by atomic mass is 9.65. The van der Waals surface area contributed by atoms with Crippen LogP contribution in [-0.4, -0.2) is 15.0 Å². The van der Waals surface area contributed by atoms with Crippen molar-refractivity contribution in [1.29, 1.82) is 0 Å². The van der Waals surface area contributed by atoms with Crippen LogP contribution in [-0.2, 0) is 5.41 Å². The van der Waals surface area contributed by atoms with Crippen LogP contribution in [0.15, 0.2) is 159 Å². The molecule has 0 radical (unpaired) electrons. The highest BCUT2D eigenvalue weighted by molar-refractivity contribution is 6.12. The van der Waals surface area contributed by atoms with Crippen molar-refractivity contribution < 1.29 is 13.3 Å². The fourth-order valence-corrected chi connectivity index (χ4v) is 7.94. The molecule has 49 heavy (non-hydrogen) atoms. The van der Waals surface area contributed by atoms with Crippen LogP contribution in [0.3, 0.4) is 0 Å². The standard InChI is InChI=1S/C42H24N4O3/c1-3-11-25(12-4-1)39-43-40(26-13-5-2-6-14-26)45-41(44-39)46-33-17-9-8-16-29(33)42(31-21-23-47-37(31)38-32(42)22-24-48-38)30-20-19-28-27-15-7-10-18-34(27)49-36(28)35(30)46/h1-24H. The zero-order chi connectivity index (χ0) is 32.1. The van der Waals surface area contributed by atoms with Gasteiger partial charge in [0.25, 0.3) is 0 Å². The number of aromatic nitrogens is 3. The summed E-state index contributed by atoms with van der Waals surface area (Å²) in [7, 11) is 0. The van der Waals surface area contributed by atoms with Crippen molar-refractivity contribution in [3.63, 3.8) is 0 Å². The highest BCUT2D eigenvalue weighted by atomic mass is 16.4. The molecule has 1 aliphatic carbocycles. The van der Waals surface area contributed by atoms with Gasteiger partial charge in [-0.25, -0.2) is 4.98 Å². The largest absolute Gasteiger partial charge is 0.461 e. The Labute approximate surface area is 279 Å². The van der Waals surface area contributed by atoms with Crippen LogP contribution in [0.4, 0.5) is 17.3 Å². The minimum Gasteiger partial charge on any atom is -0.461 e. The SMILES string of the molecule is c1ccc(-c2nc(-c3ccccc3)nc(N3c4ccccc4C4(c5ccoc5-c5occc54)c4ccc5c(oc6ccccc65)c43)n2)cc1. The first kappa shape index (κ1) is 26.4. The molecular formula is C42H24N4O3. The van der Waals surface area contributed by atoms with Gasteiger partial charge in [-0.05, 0) is 41.5 Å². The molecular weight excluding hydrogens is 608 g/mol. The Kier molecular flexibility index (Phi) is 5.19. The van der Waals surface area contributed by atoms with E-state index in [0.717, 1.165) is 78.2 Å². The first-order valence-electron chi connectivity index (χ1n) is 16.2. The third-order valence-corrected chi connectivity index (χ3v) is 9.93. The van der Waals surface area contributed by atoms with Crippen molar-refractivity contribution in [1.82, 2.24) is 15.0 Å². The molecule has 0 saturated carbocycles. The summed E-state index contributed by atoms with van der Waals surface area (Å²) in [5.41, 5.74) is 8.52. The molecule has 0 bridgehead atoms. The maximum absolute atomic E-state index is 6.83. The van der Waals surface area contributed by atoms with E-state index in [4.69, 9.17) is 28.2 Å². The Morgan fingerprint density at radius 2 is 1.10 bits per heavy atom. The van der Waals surface area contributed by atoms with Crippen LogP contribution in [0, 0.1) is 0 Å². The molecule has 7 nitrogen and oxygen atoms in total. The summed E-state index contributed by atoms with van der Waals surface area (Å²) in [4.78, 5) is 17.6. The van der Waals surface area contributed by atoms with E-state index in [-0.39, 0.29) is 0 Å². The highest BCUT2D eigenvalue weighted by Gasteiger charge is 2.55. The van der Waals surface area contributed by atoms with Gasteiger partial charge in [0.2, 0.25) is 5.95 Å². The van der Waals surface area contributed by atoms with Gasteiger partial charge in [-0.2, -0.15) is 9.97 Å². The number of nitrogens with zero attached hydrogens (tertiary/aromatic N) is 4. The minimum absolute atomic E-state index is 0.488. The minimum atomic E-state index is -0.738. The van der Waals surface area contributed by atoms with Crippen molar-refractivity contribution in [2.24, 2.45) is 0 Å². The van der Waals surface area contributed by atoms with E-state index in [9.17, 15) is 0 Å². The summed E-state index contributed by atoms with van der Waals surface area (Å²) < 4.78 is 19.1. The van der Waals surface area contributed by atoms with Gasteiger partial charge in [0.05, 0.1) is 29.3 Å². The monoisotopic (exact) mass is 632 g/mol. The first-order chi connectivity index (χ1) is 24.3. The average Bonchev–Trinajstić information content (AvgIpc) is 3.96. The van der Waals surface area contributed by atoms with Gasteiger partial charge in [-0.1, -0.05) is 103 Å². The Bertz CT molecular complexity index is 2640. The van der Waals surface area contributed by atoms with E-state index in [1.807, 2.05) is 78.9 Å². The number of benzene rings is 5. The predicted molar refractivity (Wildman–Crippen MR) is 188 cm³/mol. The lowest BCUT2D eigenvalue weighted by molar-refractivity contribution is 0.525. The summed E-state index contributed by atoms with van der Waals surface area (Å²) in [6, 6.07) is 45.2. The lowest BCUT2D eigenvalue weighted by Crippen LogP contribution is -2.36. The lowest BCUT2D eigenvalue weighted by Gasteiger charge is -2.42. The van der Waals surface area contributed by atoms with Gasteiger partial charge in [0, 0.05) is 33.0 Å². The topological polar surface area (TPSA) is 81.3 Å². The fourth-order valence-electron chi connectivity index (χ4n) is 7.94. The molecule has 1 spiro atoms. The van der Waals surface area contributed by atoms with E-state index >= 15 is 0 Å². The van der Waals surface area contributed by atoms with Crippen LogP contribution in [0.2, 0.25) is 0 Å². The molecule has 5 aromatic carbocycles. The van der Waals surface area contributed by atoms with Crippen LogP contribution < -0.4 is 4.90 Å². The quantitative estimate of drug-likeness (QED) is 0.192. The molecule has 11 rings (SSSR count). The number of hydrogen-bond acceptors (Lipinski definition) is 7. The summed E-state index contributed by atoms with van der Waals surface area (Å²) in [6.07, 6.45) is 3.49. The zero-order valence-corrected chi connectivity index (χ0v) is 25.9. The molecule has 230 valence electrons. The van der Waals surface area contributed by atoms with E-state index in [2.05, 4.69) is 59.5 Å². The molecule has 0 N–H and O–H groups in total. The molecule has 4 aromatic heterocycles. The van der Waals surface area contributed by atoms with Gasteiger partial charge in [-0.15, -0.1) is 0 Å². The van der Waals surface area contributed by atoms with Crippen molar-refractivity contribution in [3.8, 4) is 34.3 Å². The van der Waals surface area contributed by atoms with Crippen molar-refractivity contribution in [3.05, 3.63) is 168 Å². The van der Waals surface area contributed by atoms with E-state index in [0.29, 0.717) is 17.6 Å². The van der Waals surface area contributed by atoms with Crippen LogP contribution in [0.25, 0.3) is 56.2 Å². The third kappa shape index (κ3) is 3.43. The van der Waals surface area contributed by atoms with E-state index < -0.39 is 5.41 Å². The maximum atomic E-state index is 6.83. The second-order valence-electron chi connectivity index (χ2n) is 12.4. The van der Waals surface area contributed by atoms with Crippen molar-refractivity contribution in [2.45, 2.75) is 5.41 Å². The molecule has 1 aliphatic heterocycles. The molecule has 2 aliphatic rings. The number of fused-ring (bicyclic) bond motifs is 13. The van der Waals surface area contributed by atoms with Crippen molar-refractivity contribution in [2.75, 3.05) is 4.90 Å². The predicted octanol–water partition coefficient (Wildman–Crippen LogP) is 10.4. The van der Waals surface area contributed by atoms with Crippen LogP contribution in [0.1, 0.15) is 22.3 Å². The second-order valence-corrected chi connectivity index (χ2v) is 12.4. The Morgan fingerprint density at radius 3 is 1.80 bits per heavy atom. The van der Waals surface area contributed by atoms with E-state index in [1.54, 1.807) is 12.5 Å². The van der Waals surface area contributed by atoms with Gasteiger partial charge < -0.3 is 13.3 Å². The Morgan fingerprint density at radius 1 is 0.490 bits per heavy atom. The molecule has 9 aromatic rings. The summed E-state index contributed by atoms with van der Waals surface area (Å²) in [5.74, 6) is 3.11. The molecule has 0 saturated heterocycles. The number of hydrogen-bond donors (Lipinski definition) is 0. The molecule has 7 heteroatoms. The Hall–Kier alpha value is -6.73. The maximum Gasteiger partial charge on any atom is 0.238 e.